The van der Waals surface area contributed by atoms with Crippen molar-refractivity contribution in [2.24, 2.45) is 0 Å². The number of unbranched alkanes of at least 4 members (excludes halogenated alkanes) is 43. The molecule has 2 atom stereocenters. The maximum absolute atomic E-state index is 12.5. The van der Waals surface area contributed by atoms with Gasteiger partial charge in [-0.15, -0.1) is 0 Å². The largest absolute Gasteiger partial charge is 0.466 e. The highest BCUT2D eigenvalue weighted by Gasteiger charge is 2.20. The molecular weight excluding hydrogens is 923 g/mol. The maximum Gasteiger partial charge on any atom is 0.305 e. The molecule has 3 N–H and O–H groups in total. The third-order valence-electron chi connectivity index (χ3n) is 15.4. The zero-order valence-corrected chi connectivity index (χ0v) is 50.3. The van der Waals surface area contributed by atoms with Gasteiger partial charge >= 0.3 is 5.97 Å². The molecule has 6 nitrogen and oxygen atoms in total. The monoisotopic (exact) mass is 1050 g/mol. The van der Waals surface area contributed by atoms with Crippen molar-refractivity contribution in [2.75, 3.05) is 13.2 Å². The Kier molecular flexibility index (Phi) is 62.5. The van der Waals surface area contributed by atoms with Gasteiger partial charge in [-0.1, -0.05) is 300 Å². The van der Waals surface area contributed by atoms with E-state index in [1.165, 1.54) is 263 Å². The molecule has 2 unspecified atom stereocenters. The van der Waals surface area contributed by atoms with Crippen LogP contribution in [0.3, 0.4) is 0 Å². The van der Waals surface area contributed by atoms with Crippen molar-refractivity contribution in [3.63, 3.8) is 0 Å². The predicted molar refractivity (Wildman–Crippen MR) is 329 cm³/mol. The van der Waals surface area contributed by atoms with Crippen LogP contribution in [0, 0.1) is 0 Å². The number of esters is 1. The summed E-state index contributed by atoms with van der Waals surface area (Å²) in [7, 11) is 0. The topological polar surface area (TPSA) is 95.9 Å². The van der Waals surface area contributed by atoms with Crippen LogP contribution in [0.4, 0.5) is 0 Å². The number of hydrogen-bond donors (Lipinski definition) is 3. The van der Waals surface area contributed by atoms with Crippen LogP contribution < -0.4 is 5.32 Å². The quantitative estimate of drug-likeness (QED) is 0.0320. The average molecular weight is 1050 g/mol. The van der Waals surface area contributed by atoms with E-state index in [-0.39, 0.29) is 18.5 Å². The molecule has 0 saturated carbocycles. The molecule has 0 fully saturated rings. The highest BCUT2D eigenvalue weighted by Crippen LogP contribution is 2.17. The molecular formula is C69H129NO5. The van der Waals surface area contributed by atoms with Gasteiger partial charge in [0.05, 0.1) is 25.4 Å². The summed E-state index contributed by atoms with van der Waals surface area (Å²) in [4.78, 5) is 24.6. The van der Waals surface area contributed by atoms with Crippen LogP contribution in [0.15, 0.2) is 48.6 Å². The Morgan fingerprint density at radius 3 is 1.03 bits per heavy atom. The molecule has 0 saturated heterocycles. The van der Waals surface area contributed by atoms with Crippen molar-refractivity contribution in [2.45, 2.75) is 366 Å². The fourth-order valence-electron chi connectivity index (χ4n) is 10.2. The molecule has 0 aromatic heterocycles. The first-order valence-corrected chi connectivity index (χ1v) is 33.4. The molecule has 0 aliphatic rings. The molecule has 440 valence electrons. The minimum absolute atomic E-state index is 0.00288. The van der Waals surface area contributed by atoms with Gasteiger partial charge in [-0.2, -0.15) is 0 Å². The van der Waals surface area contributed by atoms with Crippen LogP contribution in [0.2, 0.25) is 0 Å². The Labute approximate surface area is 467 Å². The molecule has 1 amide bonds. The fourth-order valence-corrected chi connectivity index (χ4v) is 10.2. The molecule has 0 aliphatic carbocycles. The molecule has 0 aliphatic heterocycles. The van der Waals surface area contributed by atoms with Crippen molar-refractivity contribution >= 4 is 11.9 Å². The smallest absolute Gasteiger partial charge is 0.305 e. The van der Waals surface area contributed by atoms with Gasteiger partial charge in [-0.25, -0.2) is 0 Å². The van der Waals surface area contributed by atoms with Gasteiger partial charge in [0.1, 0.15) is 0 Å². The molecule has 0 aromatic rings. The Bertz CT molecular complexity index is 1260. The Morgan fingerprint density at radius 1 is 0.373 bits per heavy atom. The van der Waals surface area contributed by atoms with Crippen molar-refractivity contribution in [3.05, 3.63) is 48.6 Å². The van der Waals surface area contributed by atoms with E-state index in [0.717, 1.165) is 57.8 Å². The minimum atomic E-state index is -0.667. The summed E-state index contributed by atoms with van der Waals surface area (Å²) < 4.78 is 5.48. The lowest BCUT2D eigenvalue weighted by Crippen LogP contribution is -2.45. The molecule has 0 heterocycles. The number of rotatable bonds is 62. The number of aliphatic hydroxyl groups excluding tert-OH is 2. The van der Waals surface area contributed by atoms with E-state index < -0.39 is 12.1 Å². The molecule has 0 aromatic carbocycles. The van der Waals surface area contributed by atoms with Crippen LogP contribution in [0.5, 0.6) is 0 Å². The summed E-state index contributed by atoms with van der Waals surface area (Å²) in [5, 5.41) is 23.3. The first-order valence-electron chi connectivity index (χ1n) is 33.4. The first kappa shape index (κ1) is 72.8. The minimum Gasteiger partial charge on any atom is -0.466 e. The standard InChI is InChI=1S/C69H129NO5/c1-3-5-7-9-11-13-15-17-19-35-39-43-47-51-55-59-63-69(74)75-64-60-56-52-48-44-40-36-32-30-28-26-24-22-20-21-23-25-27-29-31-34-38-42-46-50-54-58-62-68(73)70-66(65-71)67(72)61-57-53-49-45-41-37-33-18-16-14-12-10-8-6-4-2/h13,15,19-21,24,26,35,66-67,71-72H,3-12,14,16-18,22-23,25,27-34,36-65H2,1-2H3,(H,70,73)/b15-13-,21-20-,26-24-,35-19-. The number of hydrogen-bond acceptors (Lipinski definition) is 5. The summed E-state index contributed by atoms with van der Waals surface area (Å²) in [5.74, 6) is -0.0396. The average Bonchev–Trinajstić information content (AvgIpc) is 3.41. The highest BCUT2D eigenvalue weighted by atomic mass is 16.5. The van der Waals surface area contributed by atoms with E-state index in [9.17, 15) is 19.8 Å². The lowest BCUT2D eigenvalue weighted by atomic mass is 10.0. The third kappa shape index (κ3) is 60.9. The van der Waals surface area contributed by atoms with Crippen LogP contribution in [0.1, 0.15) is 354 Å². The lowest BCUT2D eigenvalue weighted by molar-refractivity contribution is -0.143. The van der Waals surface area contributed by atoms with E-state index >= 15 is 0 Å². The second-order valence-electron chi connectivity index (χ2n) is 22.8. The van der Waals surface area contributed by atoms with Crippen LogP contribution in [-0.2, 0) is 14.3 Å². The van der Waals surface area contributed by atoms with Gasteiger partial charge in [-0.3, -0.25) is 9.59 Å². The van der Waals surface area contributed by atoms with Gasteiger partial charge in [0.15, 0.2) is 0 Å². The number of ether oxygens (including phenoxy) is 1. The molecule has 0 radical (unpaired) electrons. The first-order chi connectivity index (χ1) is 37.0. The number of allylic oxidation sites excluding steroid dienone is 8. The molecule has 0 bridgehead atoms. The van der Waals surface area contributed by atoms with E-state index in [1.807, 2.05) is 0 Å². The summed E-state index contributed by atoms with van der Waals surface area (Å²) in [6.45, 7) is 4.94. The zero-order chi connectivity index (χ0) is 54.3. The SMILES string of the molecule is CCCCCC/C=C\C/C=C\CCCCCCCC(=O)OCCCCCCCCCCC/C=C\C/C=C\CCCCCCCCCCCCCC(=O)NC(CO)C(O)CCCCCCCCCCCCCCCCC. The van der Waals surface area contributed by atoms with Gasteiger partial charge in [0.2, 0.25) is 5.91 Å². The molecule has 0 rings (SSSR count). The fraction of sp³-hybridized carbons (Fsp3) is 0.855. The number of carbonyl (C=O) groups is 2. The van der Waals surface area contributed by atoms with E-state index in [1.54, 1.807) is 0 Å². The number of carbonyl (C=O) groups excluding carboxylic acids is 2. The van der Waals surface area contributed by atoms with Crippen LogP contribution in [0.25, 0.3) is 0 Å². The van der Waals surface area contributed by atoms with Gasteiger partial charge in [0, 0.05) is 12.8 Å². The number of aliphatic hydroxyl groups is 2. The summed E-state index contributed by atoms with van der Waals surface area (Å²) >= 11 is 0. The van der Waals surface area contributed by atoms with Gasteiger partial charge < -0.3 is 20.3 Å². The summed E-state index contributed by atoms with van der Waals surface area (Å²) in [6.07, 6.45) is 82.8. The molecule has 75 heavy (non-hydrogen) atoms. The highest BCUT2D eigenvalue weighted by molar-refractivity contribution is 5.76. The van der Waals surface area contributed by atoms with Gasteiger partial charge in [0.25, 0.3) is 0 Å². The Balaban J connectivity index is 3.42. The normalized spacial score (nSPS) is 12.9. The molecule has 6 heteroatoms. The van der Waals surface area contributed by atoms with Crippen molar-refractivity contribution in [1.29, 1.82) is 0 Å². The second-order valence-corrected chi connectivity index (χ2v) is 22.8. The maximum atomic E-state index is 12.5. The lowest BCUT2D eigenvalue weighted by Gasteiger charge is -2.22. The number of nitrogens with one attached hydrogen (secondary N) is 1. The summed E-state index contributed by atoms with van der Waals surface area (Å²) in [5.41, 5.74) is 0. The van der Waals surface area contributed by atoms with Gasteiger partial charge in [-0.05, 0) is 89.9 Å². The van der Waals surface area contributed by atoms with Crippen LogP contribution >= 0.6 is 0 Å². The Morgan fingerprint density at radius 2 is 0.667 bits per heavy atom. The van der Waals surface area contributed by atoms with Crippen molar-refractivity contribution in [3.8, 4) is 0 Å². The second kappa shape index (κ2) is 64.3. The van der Waals surface area contributed by atoms with E-state index in [4.69, 9.17) is 4.74 Å². The number of amides is 1. The zero-order valence-electron chi connectivity index (χ0n) is 50.3. The van der Waals surface area contributed by atoms with Crippen molar-refractivity contribution in [1.82, 2.24) is 5.32 Å². The van der Waals surface area contributed by atoms with Crippen LogP contribution in [-0.4, -0.2) is 47.4 Å². The summed E-state index contributed by atoms with van der Waals surface area (Å²) in [6, 6.07) is -0.545. The van der Waals surface area contributed by atoms with Crippen molar-refractivity contribution < 1.29 is 24.5 Å². The Hall–Kier alpha value is -2.18. The predicted octanol–water partition coefficient (Wildman–Crippen LogP) is 21.3. The van der Waals surface area contributed by atoms with E-state index in [2.05, 4.69) is 67.8 Å². The van der Waals surface area contributed by atoms with E-state index in [0.29, 0.717) is 25.9 Å². The third-order valence-corrected chi connectivity index (χ3v) is 15.4. The molecule has 0 spiro atoms.